The van der Waals surface area contributed by atoms with E-state index < -0.39 is 12.0 Å². The Labute approximate surface area is 127 Å². The van der Waals surface area contributed by atoms with Crippen LogP contribution in [0.4, 0.5) is 0 Å². The van der Waals surface area contributed by atoms with E-state index in [9.17, 15) is 14.7 Å². The van der Waals surface area contributed by atoms with Crippen molar-refractivity contribution in [2.24, 2.45) is 0 Å². The molecule has 0 radical (unpaired) electrons. The maximum atomic E-state index is 12.3. The van der Waals surface area contributed by atoms with Gasteiger partial charge in [-0.3, -0.25) is 14.5 Å². The molecule has 0 saturated carbocycles. The highest BCUT2D eigenvalue weighted by Crippen LogP contribution is 2.17. The Morgan fingerprint density at radius 3 is 2.30 bits per heavy atom. The van der Waals surface area contributed by atoms with Crippen molar-refractivity contribution in [2.45, 2.75) is 52.0 Å². The van der Waals surface area contributed by atoms with Crippen LogP contribution in [-0.4, -0.2) is 59.0 Å². The number of amides is 1. The third kappa shape index (κ3) is 5.67. The van der Waals surface area contributed by atoms with Gasteiger partial charge >= 0.3 is 5.97 Å². The Bertz CT molecular complexity index is 307. The summed E-state index contributed by atoms with van der Waals surface area (Å²) in [6.45, 7) is 6.59. The monoisotopic (exact) mass is 306 g/mol. The first-order valence-electron chi connectivity index (χ1n) is 7.34. The Kier molecular flexibility index (Phi) is 9.59. The molecule has 6 heteroatoms. The minimum absolute atomic E-state index is 0. The lowest BCUT2D eigenvalue weighted by atomic mass is 10.0. The number of piperidine rings is 1. The van der Waals surface area contributed by atoms with Gasteiger partial charge in [-0.05, 0) is 32.2 Å². The SMILES string of the molecule is CCCN(CCC)C(=O)CN1CCCCC1C(=O)O.Cl. The van der Waals surface area contributed by atoms with Crippen LogP contribution in [0.15, 0.2) is 0 Å². The number of likely N-dealkylation sites (tertiary alicyclic amines) is 1. The molecule has 0 aromatic rings. The molecule has 1 unspecified atom stereocenters. The first-order chi connectivity index (χ1) is 9.10. The van der Waals surface area contributed by atoms with Gasteiger partial charge in [-0.25, -0.2) is 0 Å². The molecule has 1 rings (SSSR count). The van der Waals surface area contributed by atoms with Crippen molar-refractivity contribution >= 4 is 24.3 Å². The first kappa shape index (κ1) is 19.2. The number of carbonyl (C=O) groups is 2. The molecule has 1 atom stereocenters. The van der Waals surface area contributed by atoms with Gasteiger partial charge in [0.05, 0.1) is 6.54 Å². The molecule has 0 spiro atoms. The average Bonchev–Trinajstić information content (AvgIpc) is 2.38. The zero-order chi connectivity index (χ0) is 14.3. The van der Waals surface area contributed by atoms with Crippen molar-refractivity contribution < 1.29 is 14.7 Å². The summed E-state index contributed by atoms with van der Waals surface area (Å²) in [5, 5.41) is 9.20. The lowest BCUT2D eigenvalue weighted by Gasteiger charge is -2.34. The van der Waals surface area contributed by atoms with Gasteiger partial charge in [0, 0.05) is 13.1 Å². The lowest BCUT2D eigenvalue weighted by Crippen LogP contribution is -2.50. The molecule has 0 aromatic carbocycles. The molecule has 1 aliphatic heterocycles. The standard InChI is InChI=1S/C14H26N2O3.ClH/c1-3-8-15(9-4-2)13(17)11-16-10-6-5-7-12(16)14(18)19;/h12H,3-11H2,1-2H3,(H,18,19);1H. The summed E-state index contributed by atoms with van der Waals surface area (Å²) < 4.78 is 0. The molecule has 1 saturated heterocycles. The van der Waals surface area contributed by atoms with E-state index in [-0.39, 0.29) is 24.9 Å². The maximum absolute atomic E-state index is 12.3. The number of rotatable bonds is 7. The topological polar surface area (TPSA) is 60.9 Å². The Morgan fingerprint density at radius 2 is 1.80 bits per heavy atom. The van der Waals surface area contributed by atoms with Gasteiger partial charge in [-0.1, -0.05) is 20.3 Å². The number of nitrogens with zero attached hydrogens (tertiary/aromatic N) is 2. The third-order valence-electron chi connectivity index (χ3n) is 3.58. The molecular weight excluding hydrogens is 280 g/mol. The molecule has 1 aliphatic rings. The van der Waals surface area contributed by atoms with E-state index in [4.69, 9.17) is 0 Å². The molecule has 1 amide bonds. The maximum Gasteiger partial charge on any atom is 0.320 e. The van der Waals surface area contributed by atoms with E-state index in [1.165, 1.54) is 0 Å². The Balaban J connectivity index is 0.00000361. The summed E-state index contributed by atoms with van der Waals surface area (Å²) in [7, 11) is 0. The molecule has 0 aromatic heterocycles. The van der Waals surface area contributed by atoms with Crippen molar-refractivity contribution in [1.29, 1.82) is 0 Å². The summed E-state index contributed by atoms with van der Waals surface area (Å²) in [4.78, 5) is 27.1. The molecule has 20 heavy (non-hydrogen) atoms. The van der Waals surface area contributed by atoms with Gasteiger partial charge < -0.3 is 10.0 Å². The van der Waals surface area contributed by atoms with E-state index >= 15 is 0 Å². The van der Waals surface area contributed by atoms with Crippen molar-refractivity contribution in [3.05, 3.63) is 0 Å². The Hall–Kier alpha value is -0.810. The number of carboxylic acids is 1. The van der Waals surface area contributed by atoms with E-state index in [1.807, 2.05) is 9.80 Å². The highest BCUT2D eigenvalue weighted by molar-refractivity contribution is 5.85. The van der Waals surface area contributed by atoms with Gasteiger partial charge in [0.2, 0.25) is 5.91 Å². The molecular formula is C14H27ClN2O3. The van der Waals surface area contributed by atoms with Crippen molar-refractivity contribution in [2.75, 3.05) is 26.2 Å². The largest absolute Gasteiger partial charge is 0.480 e. The van der Waals surface area contributed by atoms with E-state index in [0.717, 1.165) is 45.3 Å². The summed E-state index contributed by atoms with van der Waals surface area (Å²) in [6.07, 6.45) is 4.46. The van der Waals surface area contributed by atoms with Crippen LogP contribution in [0.25, 0.3) is 0 Å². The fraction of sp³-hybridized carbons (Fsp3) is 0.857. The summed E-state index contributed by atoms with van der Waals surface area (Å²) in [5.41, 5.74) is 0. The lowest BCUT2D eigenvalue weighted by molar-refractivity contribution is -0.146. The number of halogens is 1. The fourth-order valence-electron chi connectivity index (χ4n) is 2.63. The van der Waals surface area contributed by atoms with Crippen molar-refractivity contribution in [3.63, 3.8) is 0 Å². The van der Waals surface area contributed by atoms with Crippen LogP contribution in [0.1, 0.15) is 46.0 Å². The number of carbonyl (C=O) groups excluding carboxylic acids is 1. The molecule has 118 valence electrons. The molecule has 1 heterocycles. The second-order valence-corrected chi connectivity index (χ2v) is 5.20. The summed E-state index contributed by atoms with van der Waals surface area (Å²) in [5.74, 6) is -0.734. The molecule has 1 N–H and O–H groups in total. The molecule has 0 bridgehead atoms. The predicted octanol–water partition coefficient (Wildman–Crippen LogP) is 2.00. The van der Waals surface area contributed by atoms with Crippen LogP contribution in [0.3, 0.4) is 0 Å². The van der Waals surface area contributed by atoms with Crippen LogP contribution < -0.4 is 0 Å². The highest BCUT2D eigenvalue weighted by Gasteiger charge is 2.30. The summed E-state index contributed by atoms with van der Waals surface area (Å²) >= 11 is 0. The van der Waals surface area contributed by atoms with Crippen LogP contribution in [0, 0.1) is 0 Å². The van der Waals surface area contributed by atoms with Crippen LogP contribution in [-0.2, 0) is 9.59 Å². The average molecular weight is 307 g/mol. The molecule has 0 aliphatic carbocycles. The zero-order valence-electron chi connectivity index (χ0n) is 12.5. The van der Waals surface area contributed by atoms with Crippen molar-refractivity contribution in [3.8, 4) is 0 Å². The van der Waals surface area contributed by atoms with Crippen LogP contribution in [0.2, 0.25) is 0 Å². The van der Waals surface area contributed by atoms with Crippen molar-refractivity contribution in [1.82, 2.24) is 9.80 Å². The number of hydrogen-bond acceptors (Lipinski definition) is 3. The molecule has 1 fully saturated rings. The quantitative estimate of drug-likeness (QED) is 0.781. The molecule has 5 nitrogen and oxygen atoms in total. The normalized spacial score (nSPS) is 19.2. The summed E-state index contributed by atoms with van der Waals surface area (Å²) in [6, 6.07) is -0.484. The van der Waals surface area contributed by atoms with Crippen LogP contribution >= 0.6 is 12.4 Å². The first-order valence-corrected chi connectivity index (χ1v) is 7.34. The highest BCUT2D eigenvalue weighted by atomic mass is 35.5. The number of hydrogen-bond donors (Lipinski definition) is 1. The van der Waals surface area contributed by atoms with Crippen LogP contribution in [0.5, 0.6) is 0 Å². The second kappa shape index (κ2) is 10.00. The van der Waals surface area contributed by atoms with E-state index in [1.54, 1.807) is 0 Å². The minimum Gasteiger partial charge on any atom is -0.480 e. The number of aliphatic carboxylic acids is 1. The fourth-order valence-corrected chi connectivity index (χ4v) is 2.63. The predicted molar refractivity (Wildman–Crippen MR) is 81.3 cm³/mol. The van der Waals surface area contributed by atoms with Gasteiger partial charge in [0.15, 0.2) is 0 Å². The van der Waals surface area contributed by atoms with Gasteiger partial charge in [-0.2, -0.15) is 0 Å². The van der Waals surface area contributed by atoms with Gasteiger partial charge in [0.1, 0.15) is 6.04 Å². The third-order valence-corrected chi connectivity index (χ3v) is 3.58. The van der Waals surface area contributed by atoms with Gasteiger partial charge in [-0.15, -0.1) is 12.4 Å². The smallest absolute Gasteiger partial charge is 0.320 e. The Morgan fingerprint density at radius 1 is 1.20 bits per heavy atom. The van der Waals surface area contributed by atoms with E-state index in [2.05, 4.69) is 13.8 Å². The van der Waals surface area contributed by atoms with Gasteiger partial charge in [0.25, 0.3) is 0 Å². The zero-order valence-corrected chi connectivity index (χ0v) is 13.3. The minimum atomic E-state index is -0.801. The second-order valence-electron chi connectivity index (χ2n) is 5.20. The van der Waals surface area contributed by atoms with E-state index in [0.29, 0.717) is 6.42 Å². The number of carboxylic acid groups (broad SMARTS) is 1.